The van der Waals surface area contributed by atoms with Crippen LogP contribution in [0, 0.1) is 18.3 Å². The van der Waals surface area contributed by atoms with Gasteiger partial charge in [-0.1, -0.05) is 32.1 Å². The van der Waals surface area contributed by atoms with Gasteiger partial charge in [0.2, 0.25) is 11.8 Å². The van der Waals surface area contributed by atoms with Crippen molar-refractivity contribution >= 4 is 11.8 Å². The van der Waals surface area contributed by atoms with Gasteiger partial charge >= 0.3 is 0 Å². The lowest BCUT2D eigenvalue weighted by atomic mass is 9.81. The standard InChI is InChI=1S/C17H26N2O2/c1-5-13-15(20)18-14(12-10-8-7-9-11-12)16(21)19(13)17(3,4)6-2/h2,12-14H,5,7-11H2,1,3-4H3,(H,18,20). The number of carbonyl (C=O) groups excluding carboxylic acids is 2. The van der Waals surface area contributed by atoms with Crippen molar-refractivity contribution in [2.75, 3.05) is 0 Å². The molecule has 2 unspecified atom stereocenters. The molecule has 1 aliphatic heterocycles. The minimum Gasteiger partial charge on any atom is -0.342 e. The number of terminal acetylenes is 1. The molecule has 1 saturated heterocycles. The van der Waals surface area contributed by atoms with Gasteiger partial charge in [0.25, 0.3) is 0 Å². The Balaban J connectivity index is 2.29. The summed E-state index contributed by atoms with van der Waals surface area (Å²) in [5.74, 6) is 2.87. The molecule has 116 valence electrons. The Kier molecular flexibility index (Phi) is 4.61. The second-order valence-electron chi connectivity index (χ2n) is 6.72. The molecule has 4 heteroatoms. The molecule has 0 bridgehead atoms. The predicted octanol–water partition coefficient (Wildman–Crippen LogP) is 2.08. The van der Waals surface area contributed by atoms with Crippen molar-refractivity contribution in [2.24, 2.45) is 5.92 Å². The number of nitrogens with zero attached hydrogens (tertiary/aromatic N) is 1. The van der Waals surface area contributed by atoms with E-state index in [9.17, 15) is 9.59 Å². The summed E-state index contributed by atoms with van der Waals surface area (Å²) < 4.78 is 0. The Morgan fingerprint density at radius 3 is 2.43 bits per heavy atom. The Morgan fingerprint density at radius 2 is 1.90 bits per heavy atom. The predicted molar refractivity (Wildman–Crippen MR) is 82.3 cm³/mol. The van der Waals surface area contributed by atoms with Crippen molar-refractivity contribution in [1.82, 2.24) is 10.2 Å². The van der Waals surface area contributed by atoms with Crippen LogP contribution in [-0.2, 0) is 9.59 Å². The van der Waals surface area contributed by atoms with E-state index in [1.54, 1.807) is 4.90 Å². The maximum Gasteiger partial charge on any atom is 0.247 e. The Labute approximate surface area is 127 Å². The van der Waals surface area contributed by atoms with Crippen LogP contribution in [0.15, 0.2) is 0 Å². The zero-order chi connectivity index (χ0) is 15.6. The van der Waals surface area contributed by atoms with Crippen LogP contribution in [0.2, 0.25) is 0 Å². The second-order valence-corrected chi connectivity index (χ2v) is 6.72. The van der Waals surface area contributed by atoms with Crippen LogP contribution in [0.5, 0.6) is 0 Å². The molecule has 0 aromatic heterocycles. The van der Waals surface area contributed by atoms with Crippen molar-refractivity contribution < 1.29 is 9.59 Å². The number of piperazine rings is 1. The van der Waals surface area contributed by atoms with Crippen LogP contribution in [0.4, 0.5) is 0 Å². The van der Waals surface area contributed by atoms with Crippen LogP contribution in [0.25, 0.3) is 0 Å². The Bertz CT molecular complexity index is 458. The summed E-state index contributed by atoms with van der Waals surface area (Å²) >= 11 is 0. The highest BCUT2D eigenvalue weighted by atomic mass is 16.2. The molecule has 1 heterocycles. The molecule has 2 aliphatic rings. The molecule has 21 heavy (non-hydrogen) atoms. The van der Waals surface area contributed by atoms with E-state index in [1.165, 1.54) is 6.42 Å². The Hall–Kier alpha value is -1.50. The Morgan fingerprint density at radius 1 is 1.29 bits per heavy atom. The second kappa shape index (κ2) is 6.09. The molecule has 2 rings (SSSR count). The van der Waals surface area contributed by atoms with E-state index in [0.29, 0.717) is 6.42 Å². The summed E-state index contributed by atoms with van der Waals surface area (Å²) in [6.07, 6.45) is 11.7. The molecule has 1 N–H and O–H groups in total. The lowest BCUT2D eigenvalue weighted by molar-refractivity contribution is -0.155. The SMILES string of the molecule is C#CC(C)(C)N1C(=O)C(C2CCCCC2)NC(=O)C1CC. The van der Waals surface area contributed by atoms with E-state index in [0.717, 1.165) is 25.7 Å². The first kappa shape index (κ1) is 15.9. The first-order valence-corrected chi connectivity index (χ1v) is 8.03. The topological polar surface area (TPSA) is 49.4 Å². The molecule has 0 radical (unpaired) electrons. The zero-order valence-corrected chi connectivity index (χ0v) is 13.3. The van der Waals surface area contributed by atoms with Crippen LogP contribution in [0.3, 0.4) is 0 Å². The summed E-state index contributed by atoms with van der Waals surface area (Å²) in [4.78, 5) is 27.0. The fraction of sp³-hybridized carbons (Fsp3) is 0.765. The van der Waals surface area contributed by atoms with Crippen LogP contribution < -0.4 is 5.32 Å². The molecule has 1 saturated carbocycles. The van der Waals surface area contributed by atoms with Crippen molar-refractivity contribution in [1.29, 1.82) is 0 Å². The third-order valence-electron chi connectivity index (χ3n) is 4.88. The number of hydrogen-bond acceptors (Lipinski definition) is 2. The summed E-state index contributed by atoms with van der Waals surface area (Å²) in [6.45, 7) is 5.59. The maximum absolute atomic E-state index is 13.0. The van der Waals surface area contributed by atoms with E-state index in [2.05, 4.69) is 11.2 Å². The summed E-state index contributed by atoms with van der Waals surface area (Å²) in [5, 5.41) is 2.96. The number of rotatable bonds is 3. The average molecular weight is 290 g/mol. The van der Waals surface area contributed by atoms with E-state index < -0.39 is 17.6 Å². The van der Waals surface area contributed by atoms with Gasteiger partial charge in [0.05, 0.1) is 5.54 Å². The van der Waals surface area contributed by atoms with E-state index in [-0.39, 0.29) is 17.7 Å². The van der Waals surface area contributed by atoms with Gasteiger partial charge in [0.15, 0.2) is 0 Å². The number of carbonyl (C=O) groups is 2. The van der Waals surface area contributed by atoms with Crippen LogP contribution in [-0.4, -0.2) is 34.3 Å². The molecular formula is C17H26N2O2. The lowest BCUT2D eigenvalue weighted by Crippen LogP contribution is -2.69. The van der Waals surface area contributed by atoms with Crippen molar-refractivity contribution in [3.8, 4) is 12.3 Å². The van der Waals surface area contributed by atoms with Gasteiger partial charge in [0.1, 0.15) is 12.1 Å². The van der Waals surface area contributed by atoms with Gasteiger partial charge in [-0.05, 0) is 39.0 Å². The first-order valence-electron chi connectivity index (χ1n) is 8.03. The summed E-state index contributed by atoms with van der Waals surface area (Å²) in [7, 11) is 0. The lowest BCUT2D eigenvalue weighted by Gasteiger charge is -2.47. The molecule has 2 atom stereocenters. The van der Waals surface area contributed by atoms with E-state index >= 15 is 0 Å². The van der Waals surface area contributed by atoms with Crippen molar-refractivity contribution in [3.05, 3.63) is 0 Å². The third-order valence-corrected chi connectivity index (χ3v) is 4.88. The molecule has 4 nitrogen and oxygen atoms in total. The minimum atomic E-state index is -0.734. The number of amides is 2. The quantitative estimate of drug-likeness (QED) is 0.809. The highest BCUT2D eigenvalue weighted by molar-refractivity contribution is 5.97. The summed E-state index contributed by atoms with van der Waals surface area (Å²) in [6, 6.07) is -0.850. The van der Waals surface area contributed by atoms with E-state index in [1.807, 2.05) is 20.8 Å². The van der Waals surface area contributed by atoms with Crippen LogP contribution in [0.1, 0.15) is 59.3 Å². The van der Waals surface area contributed by atoms with E-state index in [4.69, 9.17) is 6.42 Å². The van der Waals surface area contributed by atoms with Gasteiger partial charge in [-0.15, -0.1) is 6.42 Å². The van der Waals surface area contributed by atoms with Gasteiger partial charge < -0.3 is 10.2 Å². The zero-order valence-electron chi connectivity index (χ0n) is 13.3. The molecule has 2 fully saturated rings. The normalized spacial score (nSPS) is 28.2. The van der Waals surface area contributed by atoms with Gasteiger partial charge in [0, 0.05) is 0 Å². The van der Waals surface area contributed by atoms with Gasteiger partial charge in [-0.2, -0.15) is 0 Å². The number of hydrogen-bond donors (Lipinski definition) is 1. The monoisotopic (exact) mass is 290 g/mol. The van der Waals surface area contributed by atoms with Gasteiger partial charge in [-0.3, -0.25) is 9.59 Å². The molecular weight excluding hydrogens is 264 g/mol. The number of nitrogens with one attached hydrogen (secondary N) is 1. The molecule has 1 aliphatic carbocycles. The molecule has 2 amide bonds. The largest absolute Gasteiger partial charge is 0.342 e. The smallest absolute Gasteiger partial charge is 0.247 e. The highest BCUT2D eigenvalue weighted by Gasteiger charge is 2.47. The minimum absolute atomic E-state index is 0.00343. The van der Waals surface area contributed by atoms with Crippen molar-refractivity contribution in [3.63, 3.8) is 0 Å². The fourth-order valence-corrected chi connectivity index (χ4v) is 3.62. The molecule has 0 aromatic carbocycles. The van der Waals surface area contributed by atoms with Crippen molar-refractivity contribution in [2.45, 2.75) is 76.9 Å². The summed E-state index contributed by atoms with van der Waals surface area (Å²) in [5.41, 5.74) is -0.734. The first-order chi connectivity index (χ1) is 9.92. The maximum atomic E-state index is 13.0. The third kappa shape index (κ3) is 2.92. The van der Waals surface area contributed by atoms with Crippen LogP contribution >= 0.6 is 0 Å². The molecule has 0 aromatic rings. The highest BCUT2D eigenvalue weighted by Crippen LogP contribution is 2.32. The fourth-order valence-electron chi connectivity index (χ4n) is 3.62. The molecule has 0 spiro atoms. The average Bonchev–Trinajstić information content (AvgIpc) is 2.49. The van der Waals surface area contributed by atoms with Gasteiger partial charge in [-0.25, -0.2) is 0 Å².